The van der Waals surface area contributed by atoms with Gasteiger partial charge < -0.3 is 20.3 Å². The molecule has 0 radical (unpaired) electrons. The number of hydrogen-bond acceptors (Lipinski definition) is 6. The molecule has 0 spiro atoms. The second-order valence-corrected chi connectivity index (χ2v) is 7.99. The fraction of sp³-hybridized carbons (Fsp3) is 0.545. The number of benzene rings is 1. The second-order valence-electron chi connectivity index (χ2n) is 7.99. The van der Waals surface area contributed by atoms with E-state index in [0.29, 0.717) is 31.2 Å². The van der Waals surface area contributed by atoms with Crippen molar-refractivity contribution in [1.29, 1.82) is 0 Å². The Hall–Kier alpha value is -2.02. The van der Waals surface area contributed by atoms with Gasteiger partial charge in [-0.25, -0.2) is 9.97 Å². The smallest absolute Gasteiger partial charge is 0.166 e. The molecule has 3 rings (SSSR count). The van der Waals surface area contributed by atoms with Crippen LogP contribution in [-0.2, 0) is 13.0 Å². The van der Waals surface area contributed by atoms with Crippen molar-refractivity contribution in [2.75, 3.05) is 13.2 Å². The van der Waals surface area contributed by atoms with Crippen molar-refractivity contribution < 1.29 is 14.9 Å². The third-order valence-corrected chi connectivity index (χ3v) is 5.37. The molecule has 1 aromatic carbocycles. The van der Waals surface area contributed by atoms with Gasteiger partial charge in [0.05, 0.1) is 6.10 Å². The number of para-hydroxylation sites is 1. The summed E-state index contributed by atoms with van der Waals surface area (Å²) >= 11 is 0. The largest absolute Gasteiger partial charge is 0.486 e. The topological polar surface area (TPSA) is 87.5 Å². The summed E-state index contributed by atoms with van der Waals surface area (Å²) in [6.45, 7) is 5.52. The molecule has 6 heteroatoms. The van der Waals surface area contributed by atoms with Gasteiger partial charge in [-0.05, 0) is 49.4 Å². The minimum Gasteiger partial charge on any atom is -0.486 e. The second kappa shape index (κ2) is 9.96. The Balaban J connectivity index is 1.66. The zero-order chi connectivity index (χ0) is 19.9. The van der Waals surface area contributed by atoms with Crippen LogP contribution in [0.5, 0.6) is 5.75 Å². The van der Waals surface area contributed by atoms with E-state index in [9.17, 15) is 10.2 Å². The predicted octanol–water partition coefficient (Wildman–Crippen LogP) is 2.20. The summed E-state index contributed by atoms with van der Waals surface area (Å²) in [5.74, 6) is 1.95. The fourth-order valence-electron chi connectivity index (χ4n) is 3.90. The SMILES string of the molecule is CC(C)CNC1CC(O)C(CO)C1Cc1ccnc(COc2ccccc2)n1. The summed E-state index contributed by atoms with van der Waals surface area (Å²) in [6.07, 6.45) is 2.63. The lowest BCUT2D eigenvalue weighted by atomic mass is 9.88. The van der Waals surface area contributed by atoms with Crippen LogP contribution < -0.4 is 10.1 Å². The minimum atomic E-state index is -0.484. The molecule has 1 aromatic heterocycles. The lowest BCUT2D eigenvalue weighted by Gasteiger charge is -2.25. The molecule has 0 bridgehead atoms. The van der Waals surface area contributed by atoms with Crippen molar-refractivity contribution in [3.05, 3.63) is 54.1 Å². The van der Waals surface area contributed by atoms with E-state index in [1.165, 1.54) is 0 Å². The lowest BCUT2D eigenvalue weighted by molar-refractivity contribution is 0.0715. The van der Waals surface area contributed by atoms with Gasteiger partial charge in [0.1, 0.15) is 12.4 Å². The first-order valence-electron chi connectivity index (χ1n) is 10.1. The third kappa shape index (κ3) is 5.50. The van der Waals surface area contributed by atoms with Gasteiger partial charge in [0, 0.05) is 30.5 Å². The van der Waals surface area contributed by atoms with E-state index in [4.69, 9.17) is 4.74 Å². The molecular formula is C22H31N3O3. The zero-order valence-corrected chi connectivity index (χ0v) is 16.7. The van der Waals surface area contributed by atoms with Crippen molar-refractivity contribution in [2.24, 2.45) is 17.8 Å². The van der Waals surface area contributed by atoms with Crippen LogP contribution in [0, 0.1) is 17.8 Å². The van der Waals surface area contributed by atoms with Crippen LogP contribution in [0.25, 0.3) is 0 Å². The number of nitrogens with zero attached hydrogens (tertiary/aromatic N) is 2. The molecule has 28 heavy (non-hydrogen) atoms. The first-order chi connectivity index (χ1) is 13.6. The number of ether oxygens (including phenoxy) is 1. The molecule has 1 aliphatic carbocycles. The minimum absolute atomic E-state index is 0.0131. The molecule has 1 fully saturated rings. The number of aliphatic hydroxyl groups is 2. The van der Waals surface area contributed by atoms with Crippen molar-refractivity contribution in [3.63, 3.8) is 0 Å². The van der Waals surface area contributed by atoms with Gasteiger partial charge in [0.2, 0.25) is 0 Å². The third-order valence-electron chi connectivity index (χ3n) is 5.37. The van der Waals surface area contributed by atoms with Crippen LogP contribution in [0.2, 0.25) is 0 Å². The Morgan fingerprint density at radius 1 is 1.18 bits per heavy atom. The first-order valence-corrected chi connectivity index (χ1v) is 10.1. The van der Waals surface area contributed by atoms with Gasteiger partial charge in [0.15, 0.2) is 5.82 Å². The summed E-state index contributed by atoms with van der Waals surface area (Å²) in [4.78, 5) is 8.96. The summed E-state index contributed by atoms with van der Waals surface area (Å²) in [6, 6.07) is 11.7. The van der Waals surface area contributed by atoms with Crippen molar-refractivity contribution in [2.45, 2.75) is 45.4 Å². The summed E-state index contributed by atoms with van der Waals surface area (Å²) < 4.78 is 5.75. The lowest BCUT2D eigenvalue weighted by Crippen LogP contribution is -2.38. The van der Waals surface area contributed by atoms with E-state index in [2.05, 4.69) is 29.1 Å². The standard InChI is InChI=1S/C22H31N3O3/c1-15(2)12-24-20-11-21(27)19(13-26)18(20)10-16-8-9-23-22(25-16)14-28-17-6-4-3-5-7-17/h3-9,15,18-21,24,26-27H,10-14H2,1-2H3. The average molecular weight is 386 g/mol. The van der Waals surface area contributed by atoms with Crippen LogP contribution in [0.3, 0.4) is 0 Å². The summed E-state index contributed by atoms with van der Waals surface area (Å²) in [5, 5.41) is 23.8. The normalized spacial score (nSPS) is 24.6. The van der Waals surface area contributed by atoms with Gasteiger partial charge >= 0.3 is 0 Å². The summed E-state index contributed by atoms with van der Waals surface area (Å²) in [5.41, 5.74) is 0.913. The number of rotatable bonds is 9. The average Bonchev–Trinajstić information content (AvgIpc) is 3.00. The Morgan fingerprint density at radius 2 is 1.96 bits per heavy atom. The molecule has 2 aromatic rings. The molecule has 6 nitrogen and oxygen atoms in total. The molecule has 0 amide bonds. The Bertz CT molecular complexity index is 726. The van der Waals surface area contributed by atoms with Gasteiger partial charge in [-0.3, -0.25) is 0 Å². The monoisotopic (exact) mass is 385 g/mol. The zero-order valence-electron chi connectivity index (χ0n) is 16.7. The molecule has 0 aliphatic heterocycles. The summed E-state index contributed by atoms with van der Waals surface area (Å²) in [7, 11) is 0. The molecule has 4 atom stereocenters. The van der Waals surface area contributed by atoms with Gasteiger partial charge in [-0.2, -0.15) is 0 Å². The Morgan fingerprint density at radius 3 is 2.68 bits per heavy atom. The number of aromatic nitrogens is 2. The van der Waals surface area contributed by atoms with Crippen LogP contribution in [0.1, 0.15) is 31.8 Å². The van der Waals surface area contributed by atoms with Crippen molar-refractivity contribution >= 4 is 0 Å². The first kappa shape index (κ1) is 20.7. The van der Waals surface area contributed by atoms with Crippen molar-refractivity contribution in [3.8, 4) is 5.75 Å². The quantitative estimate of drug-likeness (QED) is 0.613. The van der Waals surface area contributed by atoms with Gasteiger partial charge in [-0.15, -0.1) is 0 Å². The van der Waals surface area contributed by atoms with E-state index in [1.54, 1.807) is 6.20 Å². The molecule has 1 aliphatic rings. The maximum atomic E-state index is 10.4. The fourth-order valence-corrected chi connectivity index (χ4v) is 3.90. The highest BCUT2D eigenvalue weighted by molar-refractivity contribution is 5.21. The highest BCUT2D eigenvalue weighted by Gasteiger charge is 2.42. The van der Waals surface area contributed by atoms with Crippen LogP contribution in [0.15, 0.2) is 42.6 Å². The molecule has 1 heterocycles. The number of aliphatic hydroxyl groups excluding tert-OH is 2. The molecule has 3 N–H and O–H groups in total. The van der Waals surface area contributed by atoms with E-state index >= 15 is 0 Å². The maximum absolute atomic E-state index is 10.4. The molecule has 1 saturated carbocycles. The maximum Gasteiger partial charge on any atom is 0.166 e. The number of nitrogens with one attached hydrogen (secondary N) is 1. The molecule has 152 valence electrons. The van der Waals surface area contributed by atoms with E-state index in [1.807, 2.05) is 36.4 Å². The van der Waals surface area contributed by atoms with Crippen molar-refractivity contribution in [1.82, 2.24) is 15.3 Å². The van der Waals surface area contributed by atoms with E-state index in [0.717, 1.165) is 18.0 Å². The van der Waals surface area contributed by atoms with Crippen LogP contribution in [0.4, 0.5) is 0 Å². The molecule has 0 saturated heterocycles. The number of hydrogen-bond donors (Lipinski definition) is 3. The predicted molar refractivity (Wildman–Crippen MR) is 108 cm³/mol. The van der Waals surface area contributed by atoms with Gasteiger partial charge in [-0.1, -0.05) is 32.0 Å². The van der Waals surface area contributed by atoms with E-state index in [-0.39, 0.29) is 24.5 Å². The molecular weight excluding hydrogens is 354 g/mol. The van der Waals surface area contributed by atoms with E-state index < -0.39 is 6.10 Å². The Kier molecular flexibility index (Phi) is 7.36. The highest BCUT2D eigenvalue weighted by Crippen LogP contribution is 2.34. The Labute approximate surface area is 167 Å². The van der Waals surface area contributed by atoms with Crippen LogP contribution in [-0.4, -0.2) is 45.5 Å². The van der Waals surface area contributed by atoms with Gasteiger partial charge in [0.25, 0.3) is 0 Å². The van der Waals surface area contributed by atoms with Crippen LogP contribution >= 0.6 is 0 Å². The highest BCUT2D eigenvalue weighted by atomic mass is 16.5. The molecule has 4 unspecified atom stereocenters.